The Morgan fingerprint density at radius 2 is 1.93 bits per heavy atom. The van der Waals surface area contributed by atoms with Crippen LogP contribution < -0.4 is 0 Å². The third kappa shape index (κ3) is 3.73. The van der Waals surface area contributed by atoms with Crippen molar-refractivity contribution < 1.29 is 33.8 Å². The first kappa shape index (κ1) is 22.2. The molecule has 164 valence electrons. The Hall–Kier alpha value is -1.44. The first-order valence-electron chi connectivity index (χ1n) is 10.9. The number of quaternary nitrogens is 1. The number of ether oxygens (including phenoxy) is 2. The molecule has 0 bridgehead atoms. The van der Waals surface area contributed by atoms with Crippen LogP contribution in [-0.4, -0.2) is 76.2 Å². The van der Waals surface area contributed by atoms with Crippen molar-refractivity contribution in [2.24, 2.45) is 5.92 Å². The molecule has 0 aromatic carbocycles. The molecule has 0 aliphatic carbocycles. The van der Waals surface area contributed by atoms with Crippen molar-refractivity contribution in [2.75, 3.05) is 26.2 Å². The van der Waals surface area contributed by atoms with Crippen LogP contribution in [-0.2, 0) is 19.1 Å². The van der Waals surface area contributed by atoms with Gasteiger partial charge in [0.2, 0.25) is 0 Å². The third-order valence-electron chi connectivity index (χ3n) is 7.57. The molecule has 3 aliphatic rings. The molecule has 3 heterocycles. The van der Waals surface area contributed by atoms with Crippen molar-refractivity contribution in [1.82, 2.24) is 0 Å². The summed E-state index contributed by atoms with van der Waals surface area (Å²) in [4.78, 5) is 25.5. The number of nitrogens with zero attached hydrogens (tertiary/aromatic N) is 1. The van der Waals surface area contributed by atoms with E-state index in [-0.39, 0.29) is 18.8 Å². The summed E-state index contributed by atoms with van der Waals surface area (Å²) in [6.45, 7) is 8.97. The Morgan fingerprint density at radius 1 is 1.21 bits per heavy atom. The Kier molecular flexibility index (Phi) is 6.14. The van der Waals surface area contributed by atoms with Gasteiger partial charge < -0.3 is 24.2 Å². The maximum Gasteiger partial charge on any atom is 0.341 e. The molecule has 7 heteroatoms. The number of unbranched alkanes of at least 4 members (excludes halogenated alkanes) is 3. The van der Waals surface area contributed by atoms with E-state index in [1.54, 1.807) is 0 Å². The van der Waals surface area contributed by atoms with Gasteiger partial charge in [-0.25, -0.2) is 4.79 Å². The second-order valence-electron chi connectivity index (χ2n) is 9.41. The zero-order chi connectivity index (χ0) is 21.4. The zero-order valence-electron chi connectivity index (χ0n) is 18.1. The maximum atomic E-state index is 12.9. The predicted molar refractivity (Wildman–Crippen MR) is 107 cm³/mol. The van der Waals surface area contributed by atoms with Gasteiger partial charge in [-0.3, -0.25) is 4.79 Å². The molecule has 0 spiro atoms. The fraction of sp³-hybridized carbons (Fsp3) is 0.818. The molecular formula is C22H36NO6+. The number of aliphatic hydroxyl groups is 2. The van der Waals surface area contributed by atoms with Crippen LogP contribution in [0.25, 0.3) is 0 Å². The van der Waals surface area contributed by atoms with Gasteiger partial charge in [-0.2, -0.15) is 0 Å². The summed E-state index contributed by atoms with van der Waals surface area (Å²) in [6.07, 6.45) is 7.24. The molecule has 3 aliphatic heterocycles. The lowest BCUT2D eigenvalue weighted by Gasteiger charge is -2.39. The molecule has 6 atom stereocenters. The molecular weight excluding hydrogens is 374 g/mol. The third-order valence-corrected chi connectivity index (χ3v) is 7.57. The van der Waals surface area contributed by atoms with Crippen molar-refractivity contribution in [3.05, 3.63) is 11.6 Å². The van der Waals surface area contributed by atoms with Crippen molar-refractivity contribution in [2.45, 2.75) is 83.1 Å². The molecule has 2 N–H and O–H groups in total. The van der Waals surface area contributed by atoms with E-state index >= 15 is 0 Å². The van der Waals surface area contributed by atoms with Gasteiger partial charge >= 0.3 is 11.9 Å². The van der Waals surface area contributed by atoms with E-state index in [9.17, 15) is 19.8 Å². The van der Waals surface area contributed by atoms with Crippen LogP contribution in [0.4, 0.5) is 0 Å². The van der Waals surface area contributed by atoms with Gasteiger partial charge in [-0.1, -0.05) is 19.8 Å². The van der Waals surface area contributed by atoms with Crippen LogP contribution in [0.2, 0.25) is 0 Å². The van der Waals surface area contributed by atoms with E-state index in [1.807, 2.05) is 0 Å². The lowest BCUT2D eigenvalue weighted by Crippen LogP contribution is -2.61. The molecule has 0 amide bonds. The van der Waals surface area contributed by atoms with E-state index in [2.05, 4.69) is 13.0 Å². The summed E-state index contributed by atoms with van der Waals surface area (Å²) in [7, 11) is 0. The summed E-state index contributed by atoms with van der Waals surface area (Å²) >= 11 is 0. The second kappa shape index (κ2) is 8.00. The fourth-order valence-corrected chi connectivity index (χ4v) is 5.11. The summed E-state index contributed by atoms with van der Waals surface area (Å²) in [5, 5.41) is 21.6. The highest BCUT2D eigenvalue weighted by Crippen LogP contribution is 2.41. The molecule has 0 aromatic rings. The van der Waals surface area contributed by atoms with Crippen LogP contribution >= 0.6 is 0 Å². The number of rotatable bonds is 5. The van der Waals surface area contributed by atoms with Crippen LogP contribution in [0.1, 0.15) is 59.8 Å². The molecule has 29 heavy (non-hydrogen) atoms. The van der Waals surface area contributed by atoms with Crippen LogP contribution in [0, 0.1) is 5.92 Å². The Labute approximate surface area is 173 Å². The first-order chi connectivity index (χ1) is 13.6. The lowest BCUT2D eigenvalue weighted by atomic mass is 9.76. The Balaban J connectivity index is 1.88. The second-order valence-corrected chi connectivity index (χ2v) is 9.41. The van der Waals surface area contributed by atoms with Gasteiger partial charge in [0.1, 0.15) is 12.2 Å². The minimum absolute atomic E-state index is 0.0198. The molecule has 0 saturated carbocycles. The number of carbonyl (C=O) groups is 2. The number of cyclic esters (lactones) is 1. The number of esters is 2. The zero-order valence-corrected chi connectivity index (χ0v) is 18.1. The Bertz CT molecular complexity index is 685. The molecule has 2 fully saturated rings. The number of hydrogen-bond donors (Lipinski definition) is 2. The van der Waals surface area contributed by atoms with Crippen LogP contribution in [0.15, 0.2) is 11.6 Å². The number of hydrogen-bond acceptors (Lipinski definition) is 6. The highest BCUT2D eigenvalue weighted by atomic mass is 16.6. The van der Waals surface area contributed by atoms with Gasteiger partial charge in [0.05, 0.1) is 25.6 Å². The summed E-state index contributed by atoms with van der Waals surface area (Å²) in [5.41, 5.74) is -3.29. The quantitative estimate of drug-likeness (QED) is 0.310. The van der Waals surface area contributed by atoms with Crippen molar-refractivity contribution in [3.8, 4) is 0 Å². The van der Waals surface area contributed by atoms with Crippen LogP contribution in [0.3, 0.4) is 0 Å². The normalized spacial score (nSPS) is 42.6. The molecule has 0 aromatic heterocycles. The van der Waals surface area contributed by atoms with E-state index in [0.29, 0.717) is 0 Å². The molecule has 3 rings (SSSR count). The SMILES string of the molecule is CCCCCC[N+]12CC=C3COC(=O)[C@@](C)(O)[C@@](C)(O)[C@H](C)C(=O)O[C@@H](CC1)[C@H]32. The first-order valence-corrected chi connectivity index (χ1v) is 10.9. The van der Waals surface area contributed by atoms with Crippen molar-refractivity contribution in [3.63, 3.8) is 0 Å². The molecule has 0 radical (unpaired) electrons. The highest BCUT2D eigenvalue weighted by molar-refractivity contribution is 5.83. The van der Waals surface area contributed by atoms with Crippen molar-refractivity contribution >= 4 is 11.9 Å². The molecule has 7 nitrogen and oxygen atoms in total. The average molecular weight is 411 g/mol. The smallest absolute Gasteiger partial charge is 0.341 e. The van der Waals surface area contributed by atoms with Gasteiger partial charge in [0.15, 0.2) is 17.7 Å². The Morgan fingerprint density at radius 3 is 2.62 bits per heavy atom. The lowest BCUT2D eigenvalue weighted by molar-refractivity contribution is -0.925. The predicted octanol–water partition coefficient (Wildman–Crippen LogP) is 1.70. The van der Waals surface area contributed by atoms with Crippen molar-refractivity contribution in [1.29, 1.82) is 0 Å². The van der Waals surface area contributed by atoms with Gasteiger partial charge in [-0.15, -0.1) is 0 Å². The minimum atomic E-state index is -2.23. The van der Waals surface area contributed by atoms with E-state index < -0.39 is 29.1 Å². The van der Waals surface area contributed by atoms with E-state index in [1.165, 1.54) is 40.0 Å². The van der Waals surface area contributed by atoms with Crippen LogP contribution in [0.5, 0.6) is 0 Å². The van der Waals surface area contributed by atoms with E-state index in [0.717, 1.165) is 42.5 Å². The monoisotopic (exact) mass is 410 g/mol. The highest BCUT2D eigenvalue weighted by Gasteiger charge is 2.59. The summed E-state index contributed by atoms with van der Waals surface area (Å²) in [5.74, 6) is -2.59. The molecule has 1 unspecified atom stereocenters. The largest absolute Gasteiger partial charge is 0.459 e. The van der Waals surface area contributed by atoms with E-state index in [4.69, 9.17) is 9.47 Å². The standard InChI is InChI=1S/C22H36NO6/c1-5-6-7-8-11-23-12-9-16-14-28-20(25)22(4,27)21(3,26)15(2)19(24)29-17(10-13-23)18(16)23/h9,15,17-18,26-27H,5-8,10-14H2,1-4H3/q+1/t15-,17+,18+,21+,22-,23?/m1/s1. The minimum Gasteiger partial charge on any atom is -0.459 e. The maximum absolute atomic E-state index is 12.9. The topological polar surface area (TPSA) is 93.1 Å². The fourth-order valence-electron chi connectivity index (χ4n) is 5.11. The van der Waals surface area contributed by atoms with Gasteiger partial charge in [0.25, 0.3) is 0 Å². The summed E-state index contributed by atoms with van der Waals surface area (Å²) in [6, 6.07) is -0.0198. The van der Waals surface area contributed by atoms with Gasteiger partial charge in [0, 0.05) is 12.0 Å². The average Bonchev–Trinajstić information content (AvgIpc) is 3.20. The summed E-state index contributed by atoms with van der Waals surface area (Å²) < 4.78 is 12.2. The number of carbonyl (C=O) groups excluding carboxylic acids is 2. The van der Waals surface area contributed by atoms with Gasteiger partial charge in [-0.05, 0) is 39.7 Å². The molecule has 2 saturated heterocycles.